The second kappa shape index (κ2) is 6.10. The van der Waals surface area contributed by atoms with Crippen LogP contribution in [-0.2, 0) is 0 Å². The first-order valence-corrected chi connectivity index (χ1v) is 7.56. The number of halogens is 1. The third kappa shape index (κ3) is 3.83. The Morgan fingerprint density at radius 3 is 2.53 bits per heavy atom. The molecule has 1 aliphatic rings. The van der Waals surface area contributed by atoms with E-state index in [1.807, 2.05) is 25.1 Å². The summed E-state index contributed by atoms with van der Waals surface area (Å²) in [6.45, 7) is 8.64. The third-order valence-electron chi connectivity index (χ3n) is 3.58. The van der Waals surface area contributed by atoms with Gasteiger partial charge in [0.2, 0.25) is 0 Å². The fourth-order valence-corrected chi connectivity index (χ4v) is 3.15. The average Bonchev–Trinajstić information content (AvgIpc) is 2.32. The summed E-state index contributed by atoms with van der Waals surface area (Å²) in [5.74, 6) is 1.40. The van der Waals surface area contributed by atoms with Crippen LogP contribution in [0.4, 0.5) is 5.69 Å². The average molecular weight is 297 g/mol. The van der Waals surface area contributed by atoms with Gasteiger partial charge in [-0.2, -0.15) is 0 Å². The van der Waals surface area contributed by atoms with Gasteiger partial charge < -0.3 is 10.2 Å². The molecule has 4 heteroatoms. The molecule has 0 spiro atoms. The predicted molar refractivity (Wildman–Crippen MR) is 86.9 cm³/mol. The summed E-state index contributed by atoms with van der Waals surface area (Å²) in [6, 6.07) is 5.96. The highest BCUT2D eigenvalue weighted by Crippen LogP contribution is 2.23. The smallest absolute Gasteiger partial charge is 0.173 e. The van der Waals surface area contributed by atoms with Gasteiger partial charge in [0.15, 0.2) is 5.11 Å². The molecule has 1 aromatic rings. The molecule has 0 aliphatic carbocycles. The van der Waals surface area contributed by atoms with Crippen molar-refractivity contribution >= 4 is 34.6 Å². The van der Waals surface area contributed by atoms with E-state index in [4.69, 9.17) is 23.8 Å². The molecule has 2 unspecified atom stereocenters. The first kappa shape index (κ1) is 14.6. The lowest BCUT2D eigenvalue weighted by atomic mass is 9.92. The predicted octanol–water partition coefficient (Wildman–Crippen LogP) is 4.32. The Balaban J connectivity index is 2.02. The van der Waals surface area contributed by atoms with Crippen molar-refractivity contribution in [3.05, 3.63) is 28.8 Å². The summed E-state index contributed by atoms with van der Waals surface area (Å²) in [5, 5.41) is 4.87. The number of likely N-dealkylation sites (tertiary alicyclic amines) is 1. The largest absolute Gasteiger partial charge is 0.348 e. The van der Waals surface area contributed by atoms with Crippen LogP contribution in [0.25, 0.3) is 0 Å². The molecule has 0 amide bonds. The normalized spacial score (nSPS) is 23.3. The Morgan fingerprint density at radius 2 is 1.95 bits per heavy atom. The zero-order chi connectivity index (χ0) is 14.0. The van der Waals surface area contributed by atoms with Crippen molar-refractivity contribution in [3.63, 3.8) is 0 Å². The lowest BCUT2D eigenvalue weighted by Crippen LogP contribution is -2.44. The van der Waals surface area contributed by atoms with Crippen LogP contribution in [0.3, 0.4) is 0 Å². The molecule has 1 fully saturated rings. The SMILES string of the molecule is Cc1ccc(NC(=S)N2CC(C)CC(C)C2)cc1Cl. The molecule has 0 aromatic heterocycles. The molecule has 1 heterocycles. The number of thiocarbonyl (C=S) groups is 1. The number of aryl methyl sites for hydroxylation is 1. The van der Waals surface area contributed by atoms with Gasteiger partial charge in [-0.1, -0.05) is 31.5 Å². The van der Waals surface area contributed by atoms with Gasteiger partial charge in [0, 0.05) is 23.8 Å². The van der Waals surface area contributed by atoms with Gasteiger partial charge in [0.05, 0.1) is 0 Å². The van der Waals surface area contributed by atoms with E-state index in [9.17, 15) is 0 Å². The van der Waals surface area contributed by atoms with E-state index >= 15 is 0 Å². The number of hydrogen-bond donors (Lipinski definition) is 1. The molecular formula is C15H21ClN2S. The lowest BCUT2D eigenvalue weighted by Gasteiger charge is -2.36. The Labute approximate surface area is 126 Å². The fourth-order valence-electron chi connectivity index (χ4n) is 2.70. The van der Waals surface area contributed by atoms with E-state index in [0.717, 1.165) is 34.5 Å². The summed E-state index contributed by atoms with van der Waals surface area (Å²) in [5.41, 5.74) is 2.05. The van der Waals surface area contributed by atoms with Gasteiger partial charge in [-0.15, -0.1) is 0 Å². The molecular weight excluding hydrogens is 276 g/mol. The highest BCUT2D eigenvalue weighted by molar-refractivity contribution is 7.80. The minimum atomic E-state index is 0.699. The van der Waals surface area contributed by atoms with Crippen molar-refractivity contribution in [1.82, 2.24) is 4.90 Å². The summed E-state index contributed by atoms with van der Waals surface area (Å²) < 4.78 is 0. The molecule has 1 N–H and O–H groups in total. The van der Waals surface area contributed by atoms with Crippen LogP contribution in [0.5, 0.6) is 0 Å². The molecule has 1 aromatic carbocycles. The van der Waals surface area contributed by atoms with Crippen molar-refractivity contribution < 1.29 is 0 Å². The van der Waals surface area contributed by atoms with Crippen molar-refractivity contribution in [1.29, 1.82) is 0 Å². The van der Waals surface area contributed by atoms with Crippen molar-refractivity contribution in [3.8, 4) is 0 Å². The van der Waals surface area contributed by atoms with Gasteiger partial charge in [0.1, 0.15) is 0 Å². The molecule has 19 heavy (non-hydrogen) atoms. The number of hydrogen-bond acceptors (Lipinski definition) is 1. The summed E-state index contributed by atoms with van der Waals surface area (Å²) in [6.07, 6.45) is 1.29. The maximum absolute atomic E-state index is 6.13. The van der Waals surface area contributed by atoms with Crippen LogP contribution in [-0.4, -0.2) is 23.1 Å². The third-order valence-corrected chi connectivity index (χ3v) is 4.35. The van der Waals surface area contributed by atoms with Crippen LogP contribution in [0, 0.1) is 18.8 Å². The topological polar surface area (TPSA) is 15.3 Å². The Kier molecular flexibility index (Phi) is 4.69. The second-order valence-corrected chi connectivity index (χ2v) is 6.54. The van der Waals surface area contributed by atoms with Crippen LogP contribution >= 0.6 is 23.8 Å². The summed E-state index contributed by atoms with van der Waals surface area (Å²) in [4.78, 5) is 2.27. The van der Waals surface area contributed by atoms with E-state index in [1.165, 1.54) is 6.42 Å². The number of rotatable bonds is 1. The molecule has 0 bridgehead atoms. The number of nitrogens with one attached hydrogen (secondary N) is 1. The number of nitrogens with zero attached hydrogens (tertiary/aromatic N) is 1. The van der Waals surface area contributed by atoms with Gasteiger partial charge in [-0.05, 0) is 55.1 Å². The van der Waals surface area contributed by atoms with Crippen LogP contribution < -0.4 is 5.32 Å². The molecule has 0 saturated carbocycles. The quantitative estimate of drug-likeness (QED) is 0.777. The number of anilines is 1. The molecule has 2 rings (SSSR count). The monoisotopic (exact) mass is 296 g/mol. The second-order valence-electron chi connectivity index (χ2n) is 5.75. The van der Waals surface area contributed by atoms with Crippen LogP contribution in [0.15, 0.2) is 18.2 Å². The van der Waals surface area contributed by atoms with Crippen molar-refractivity contribution in [2.75, 3.05) is 18.4 Å². The summed E-state index contributed by atoms with van der Waals surface area (Å²) in [7, 11) is 0. The Morgan fingerprint density at radius 1 is 1.32 bits per heavy atom. The highest BCUT2D eigenvalue weighted by Gasteiger charge is 2.23. The Bertz CT molecular complexity index is 465. The number of piperidine rings is 1. The van der Waals surface area contributed by atoms with Crippen LogP contribution in [0.1, 0.15) is 25.8 Å². The molecule has 1 aliphatic heterocycles. The standard InChI is InChI=1S/C15H21ClN2S/c1-10-6-11(2)9-18(8-10)15(19)17-13-5-4-12(3)14(16)7-13/h4-5,7,10-11H,6,8-9H2,1-3H3,(H,17,19). The number of benzene rings is 1. The first-order valence-electron chi connectivity index (χ1n) is 6.77. The first-order chi connectivity index (χ1) is 8.95. The Hall–Kier alpha value is -0.800. The lowest BCUT2D eigenvalue weighted by molar-refractivity contribution is 0.216. The highest BCUT2D eigenvalue weighted by atomic mass is 35.5. The van der Waals surface area contributed by atoms with Crippen LogP contribution in [0.2, 0.25) is 5.02 Å². The molecule has 2 nitrogen and oxygen atoms in total. The molecule has 104 valence electrons. The van der Waals surface area contributed by atoms with Gasteiger partial charge >= 0.3 is 0 Å². The van der Waals surface area contributed by atoms with E-state index in [0.29, 0.717) is 11.8 Å². The zero-order valence-corrected chi connectivity index (χ0v) is 13.3. The van der Waals surface area contributed by atoms with E-state index < -0.39 is 0 Å². The van der Waals surface area contributed by atoms with E-state index in [1.54, 1.807) is 0 Å². The minimum absolute atomic E-state index is 0.699. The molecule has 2 atom stereocenters. The van der Waals surface area contributed by atoms with Gasteiger partial charge in [-0.25, -0.2) is 0 Å². The minimum Gasteiger partial charge on any atom is -0.348 e. The molecule has 1 saturated heterocycles. The summed E-state index contributed by atoms with van der Waals surface area (Å²) >= 11 is 11.6. The maximum atomic E-state index is 6.13. The maximum Gasteiger partial charge on any atom is 0.173 e. The van der Waals surface area contributed by atoms with Gasteiger partial charge in [0.25, 0.3) is 0 Å². The van der Waals surface area contributed by atoms with E-state index in [2.05, 4.69) is 24.1 Å². The van der Waals surface area contributed by atoms with Gasteiger partial charge in [-0.3, -0.25) is 0 Å². The van der Waals surface area contributed by atoms with E-state index in [-0.39, 0.29) is 0 Å². The zero-order valence-electron chi connectivity index (χ0n) is 11.7. The van der Waals surface area contributed by atoms with Crippen molar-refractivity contribution in [2.45, 2.75) is 27.2 Å². The fraction of sp³-hybridized carbons (Fsp3) is 0.533. The van der Waals surface area contributed by atoms with Crippen molar-refractivity contribution in [2.24, 2.45) is 11.8 Å². The molecule has 0 radical (unpaired) electrons.